The lowest BCUT2D eigenvalue weighted by Gasteiger charge is -2.17. The highest BCUT2D eigenvalue weighted by Gasteiger charge is 2.21. The van der Waals surface area contributed by atoms with Crippen molar-refractivity contribution in [3.05, 3.63) is 51.5 Å². The van der Waals surface area contributed by atoms with E-state index in [0.717, 1.165) is 4.88 Å². The van der Waals surface area contributed by atoms with E-state index in [-0.39, 0.29) is 5.56 Å². The fourth-order valence-corrected chi connectivity index (χ4v) is 2.43. The fraction of sp³-hybridized carbons (Fsp3) is 0.250. The molecule has 0 aliphatic carbocycles. The Kier molecular flexibility index (Phi) is 4.00. The topological polar surface area (TPSA) is 50.9 Å². The molecule has 0 saturated heterocycles. The molecule has 0 radical (unpaired) electrons. The highest BCUT2D eigenvalue weighted by Crippen LogP contribution is 2.26. The molecule has 3 N–H and O–H groups in total. The van der Waals surface area contributed by atoms with Crippen molar-refractivity contribution >= 4 is 11.3 Å². The van der Waals surface area contributed by atoms with Crippen molar-refractivity contribution in [2.75, 3.05) is 0 Å². The summed E-state index contributed by atoms with van der Waals surface area (Å²) in [7, 11) is 0. The fourth-order valence-electron chi connectivity index (χ4n) is 1.79. The zero-order chi connectivity index (χ0) is 13.1. The Hall–Kier alpha value is -1.37. The van der Waals surface area contributed by atoms with Gasteiger partial charge in [0.2, 0.25) is 0 Å². The van der Waals surface area contributed by atoms with E-state index < -0.39 is 17.7 Å². The lowest BCUT2D eigenvalue weighted by atomic mass is 10.00. The van der Waals surface area contributed by atoms with E-state index >= 15 is 0 Å². The maximum Gasteiger partial charge on any atom is 0.133 e. The van der Waals surface area contributed by atoms with Crippen LogP contribution in [0.2, 0.25) is 0 Å². The summed E-state index contributed by atoms with van der Waals surface area (Å²) in [6, 6.07) is 2.06. The van der Waals surface area contributed by atoms with E-state index in [0.29, 0.717) is 12.0 Å². The largest absolute Gasteiger partial charge is 0.271 e. The number of halogens is 2. The van der Waals surface area contributed by atoms with Gasteiger partial charge in [0.1, 0.15) is 11.6 Å². The summed E-state index contributed by atoms with van der Waals surface area (Å²) in [5.41, 5.74) is 4.51. The molecule has 18 heavy (non-hydrogen) atoms. The number of nitrogens with two attached hydrogens (primary N) is 1. The highest BCUT2D eigenvalue weighted by atomic mass is 32.1. The number of hydrogen-bond donors (Lipinski definition) is 2. The molecule has 1 aromatic carbocycles. The number of nitrogens with zero attached hydrogens (tertiary/aromatic N) is 1. The van der Waals surface area contributed by atoms with Gasteiger partial charge in [0.05, 0.1) is 11.6 Å². The molecule has 6 heteroatoms. The molecule has 3 nitrogen and oxygen atoms in total. The van der Waals surface area contributed by atoms with Crippen molar-refractivity contribution in [1.82, 2.24) is 10.4 Å². The molecular weight excluding hydrogens is 256 g/mol. The zero-order valence-corrected chi connectivity index (χ0v) is 10.6. The lowest BCUT2D eigenvalue weighted by molar-refractivity contribution is 0.471. The number of hydrogen-bond acceptors (Lipinski definition) is 4. The molecular formula is C12H13F2N3S. The van der Waals surface area contributed by atoms with E-state index in [9.17, 15) is 8.78 Å². The Morgan fingerprint density at radius 2 is 2.22 bits per heavy atom. The Balaban J connectivity index is 2.35. The van der Waals surface area contributed by atoms with Crippen LogP contribution in [0.15, 0.2) is 23.8 Å². The molecule has 0 amide bonds. The van der Waals surface area contributed by atoms with Gasteiger partial charge < -0.3 is 0 Å². The molecule has 1 atom stereocenters. The van der Waals surface area contributed by atoms with Gasteiger partial charge in [0.25, 0.3) is 0 Å². The van der Waals surface area contributed by atoms with Crippen LogP contribution in [0.25, 0.3) is 0 Å². The lowest BCUT2D eigenvalue weighted by Crippen LogP contribution is -2.31. The van der Waals surface area contributed by atoms with E-state index in [4.69, 9.17) is 5.84 Å². The van der Waals surface area contributed by atoms with Gasteiger partial charge in [-0.3, -0.25) is 16.3 Å². The van der Waals surface area contributed by atoms with Crippen LogP contribution in [0.1, 0.15) is 22.0 Å². The second-order valence-corrected chi connectivity index (χ2v) is 4.95. The monoisotopic (exact) mass is 269 g/mol. The molecule has 96 valence electrons. The molecule has 2 rings (SSSR count). The molecule has 1 unspecified atom stereocenters. The van der Waals surface area contributed by atoms with Gasteiger partial charge in [-0.15, -0.1) is 11.3 Å². The van der Waals surface area contributed by atoms with Crippen LogP contribution in [0.3, 0.4) is 0 Å². The summed E-state index contributed by atoms with van der Waals surface area (Å²) < 4.78 is 27.7. The first-order valence-corrected chi connectivity index (χ1v) is 6.29. The summed E-state index contributed by atoms with van der Waals surface area (Å²) in [5.74, 6) is 4.26. The maximum atomic E-state index is 14.0. The molecule has 0 bridgehead atoms. The third kappa shape index (κ3) is 2.55. The quantitative estimate of drug-likeness (QED) is 0.662. The molecule has 0 fully saturated rings. The number of hydrazine groups is 1. The second kappa shape index (κ2) is 5.51. The van der Waals surface area contributed by atoms with Crippen LogP contribution < -0.4 is 11.3 Å². The van der Waals surface area contributed by atoms with Crippen LogP contribution in [-0.2, 0) is 6.42 Å². The molecule has 0 aliphatic heterocycles. The number of thiazole rings is 1. The Morgan fingerprint density at radius 1 is 1.44 bits per heavy atom. The average molecular weight is 269 g/mol. The minimum Gasteiger partial charge on any atom is -0.271 e. The van der Waals surface area contributed by atoms with Gasteiger partial charge in [-0.05, 0) is 18.6 Å². The van der Waals surface area contributed by atoms with Crippen molar-refractivity contribution in [2.45, 2.75) is 19.4 Å². The summed E-state index contributed by atoms with van der Waals surface area (Å²) in [5, 5.41) is 0. The number of aromatic nitrogens is 1. The minimum absolute atomic E-state index is 0.0223. The number of aryl methyl sites for hydroxylation is 1. The van der Waals surface area contributed by atoms with Crippen molar-refractivity contribution in [3.63, 3.8) is 0 Å². The maximum absolute atomic E-state index is 14.0. The number of benzene rings is 1. The molecule has 2 aromatic rings. The Bertz CT molecular complexity index is 528. The molecule has 0 saturated carbocycles. The summed E-state index contributed by atoms with van der Waals surface area (Å²) in [4.78, 5) is 4.84. The van der Waals surface area contributed by atoms with Crippen LogP contribution in [0, 0.1) is 18.6 Å². The first-order valence-electron chi connectivity index (χ1n) is 5.41. The average Bonchev–Trinajstić information content (AvgIpc) is 2.86. The Labute approximate surface area is 108 Å². The van der Waals surface area contributed by atoms with Gasteiger partial charge in [-0.25, -0.2) is 8.78 Å². The third-order valence-corrected chi connectivity index (χ3v) is 3.56. The van der Waals surface area contributed by atoms with Crippen LogP contribution in [-0.4, -0.2) is 4.98 Å². The molecule has 1 heterocycles. The smallest absolute Gasteiger partial charge is 0.133 e. The van der Waals surface area contributed by atoms with Crippen molar-refractivity contribution < 1.29 is 8.78 Å². The summed E-state index contributed by atoms with van der Waals surface area (Å²) in [6.45, 7) is 1.60. The van der Waals surface area contributed by atoms with Gasteiger partial charge in [-0.2, -0.15) is 0 Å². The first-order chi connectivity index (χ1) is 8.63. The molecule has 0 aliphatic rings. The first kappa shape index (κ1) is 13.1. The minimum atomic E-state index is -0.606. The predicted molar refractivity (Wildman–Crippen MR) is 67.0 cm³/mol. The Morgan fingerprint density at radius 3 is 2.83 bits per heavy atom. The van der Waals surface area contributed by atoms with Crippen molar-refractivity contribution in [2.24, 2.45) is 5.84 Å². The van der Waals surface area contributed by atoms with Gasteiger partial charge in [0, 0.05) is 23.1 Å². The van der Waals surface area contributed by atoms with E-state index in [1.54, 1.807) is 18.6 Å². The molecule has 1 aromatic heterocycles. The zero-order valence-electron chi connectivity index (χ0n) is 9.78. The van der Waals surface area contributed by atoms with E-state index in [2.05, 4.69) is 10.4 Å². The van der Waals surface area contributed by atoms with Gasteiger partial charge in [0.15, 0.2) is 0 Å². The standard InChI is InChI=1S/C12H13F2N3S/c1-7-2-3-9(13)11(12(7)14)10(17-15)4-8-5-16-6-18-8/h2-3,5-6,10,17H,4,15H2,1H3. The highest BCUT2D eigenvalue weighted by molar-refractivity contribution is 7.09. The third-order valence-electron chi connectivity index (χ3n) is 2.76. The van der Waals surface area contributed by atoms with Crippen molar-refractivity contribution in [1.29, 1.82) is 0 Å². The summed E-state index contributed by atoms with van der Waals surface area (Å²) in [6.07, 6.45) is 2.07. The predicted octanol–water partition coefficient (Wildman–Crippen LogP) is 2.48. The van der Waals surface area contributed by atoms with Gasteiger partial charge >= 0.3 is 0 Å². The van der Waals surface area contributed by atoms with Crippen molar-refractivity contribution in [3.8, 4) is 0 Å². The molecule has 0 spiro atoms. The van der Waals surface area contributed by atoms with Crippen LogP contribution >= 0.6 is 11.3 Å². The summed E-state index contributed by atoms with van der Waals surface area (Å²) >= 11 is 1.43. The normalized spacial score (nSPS) is 12.7. The SMILES string of the molecule is Cc1ccc(F)c(C(Cc2cncs2)NN)c1F. The number of nitrogens with one attached hydrogen (secondary N) is 1. The number of rotatable bonds is 4. The second-order valence-electron chi connectivity index (χ2n) is 3.98. The van der Waals surface area contributed by atoms with Crippen LogP contribution in [0.5, 0.6) is 0 Å². The van der Waals surface area contributed by atoms with E-state index in [1.165, 1.54) is 23.5 Å². The van der Waals surface area contributed by atoms with Gasteiger partial charge in [-0.1, -0.05) is 6.07 Å². The van der Waals surface area contributed by atoms with E-state index in [1.807, 2.05) is 0 Å². The van der Waals surface area contributed by atoms with Crippen LogP contribution in [0.4, 0.5) is 8.78 Å².